The molecule has 2 aromatic rings. The van der Waals surface area contributed by atoms with Gasteiger partial charge in [-0.25, -0.2) is 0 Å². The smallest absolute Gasteiger partial charge is 0.305 e. The number of carboxylic acid groups (broad SMARTS) is 1. The van der Waals surface area contributed by atoms with Crippen molar-refractivity contribution in [1.82, 2.24) is 4.57 Å². The first kappa shape index (κ1) is 10.8. The normalized spacial score (nSPS) is 17.6. The van der Waals surface area contributed by atoms with Crippen molar-refractivity contribution < 1.29 is 9.90 Å². The van der Waals surface area contributed by atoms with Gasteiger partial charge in [-0.1, -0.05) is 6.07 Å². The summed E-state index contributed by atoms with van der Waals surface area (Å²) in [7, 11) is 0. The summed E-state index contributed by atoms with van der Waals surface area (Å²) in [4.78, 5) is 10.9. The van der Waals surface area contributed by atoms with Gasteiger partial charge in [0.05, 0.1) is 18.1 Å². The van der Waals surface area contributed by atoms with Gasteiger partial charge in [0.25, 0.3) is 0 Å². The van der Waals surface area contributed by atoms with E-state index in [1.165, 1.54) is 5.69 Å². The molecule has 4 nitrogen and oxygen atoms in total. The second kappa shape index (κ2) is 3.88. The number of carboxylic acids is 1. The molecule has 0 fully saturated rings. The minimum atomic E-state index is -0.772. The van der Waals surface area contributed by atoms with Crippen molar-refractivity contribution >= 4 is 16.9 Å². The van der Waals surface area contributed by atoms with E-state index in [4.69, 9.17) is 10.4 Å². The van der Waals surface area contributed by atoms with E-state index in [-0.39, 0.29) is 12.5 Å². The van der Waals surface area contributed by atoms with E-state index in [2.05, 4.69) is 16.7 Å². The molecule has 4 heteroatoms. The summed E-state index contributed by atoms with van der Waals surface area (Å²) in [6.07, 6.45) is 1.93. The third-order valence-electron chi connectivity index (χ3n) is 3.56. The molecule has 1 aliphatic rings. The van der Waals surface area contributed by atoms with Crippen molar-refractivity contribution in [1.29, 1.82) is 5.26 Å². The monoisotopic (exact) mass is 240 g/mol. The van der Waals surface area contributed by atoms with E-state index in [0.29, 0.717) is 5.56 Å². The first-order valence-electron chi connectivity index (χ1n) is 5.95. The lowest BCUT2D eigenvalue weighted by Crippen LogP contribution is -2.09. The zero-order valence-electron chi connectivity index (χ0n) is 9.76. The molecule has 1 unspecified atom stereocenters. The summed E-state index contributed by atoms with van der Waals surface area (Å²) in [5, 5.41) is 19.0. The Morgan fingerprint density at radius 2 is 2.33 bits per heavy atom. The van der Waals surface area contributed by atoms with E-state index in [1.54, 1.807) is 6.07 Å². The molecule has 0 saturated heterocycles. The number of nitriles is 1. The number of aliphatic carboxylic acids is 1. The van der Waals surface area contributed by atoms with Crippen LogP contribution in [0, 0.1) is 11.3 Å². The number of benzene rings is 1. The molecule has 1 aromatic carbocycles. The SMILES string of the molecule is N#Cc1ccc2cc3n(c2c1)C(CC(=O)O)CC3. The molecule has 3 rings (SSSR count). The van der Waals surface area contributed by atoms with E-state index in [9.17, 15) is 4.79 Å². The Bertz CT molecular complexity index is 679. The van der Waals surface area contributed by atoms with E-state index in [0.717, 1.165) is 23.7 Å². The maximum atomic E-state index is 10.9. The molecule has 0 bridgehead atoms. The Balaban J connectivity index is 2.15. The number of rotatable bonds is 2. The summed E-state index contributed by atoms with van der Waals surface area (Å²) in [6, 6.07) is 9.81. The highest BCUT2D eigenvalue weighted by Gasteiger charge is 2.26. The summed E-state index contributed by atoms with van der Waals surface area (Å²) < 4.78 is 2.09. The Kier molecular flexibility index (Phi) is 2.34. The lowest BCUT2D eigenvalue weighted by molar-refractivity contribution is -0.137. The van der Waals surface area contributed by atoms with Gasteiger partial charge in [-0.15, -0.1) is 0 Å². The van der Waals surface area contributed by atoms with Crippen molar-refractivity contribution in [3.8, 4) is 6.07 Å². The van der Waals surface area contributed by atoms with Gasteiger partial charge in [0.15, 0.2) is 0 Å². The van der Waals surface area contributed by atoms with Crippen LogP contribution in [0.15, 0.2) is 24.3 Å². The third-order valence-corrected chi connectivity index (χ3v) is 3.56. The third kappa shape index (κ3) is 1.56. The van der Waals surface area contributed by atoms with Crippen molar-refractivity contribution in [3.63, 3.8) is 0 Å². The predicted molar refractivity (Wildman–Crippen MR) is 66.3 cm³/mol. The number of nitrogens with zero attached hydrogens (tertiary/aromatic N) is 2. The highest BCUT2D eigenvalue weighted by Crippen LogP contribution is 2.35. The molecule has 0 amide bonds. The molecular formula is C14H12N2O2. The summed E-state index contributed by atoms with van der Waals surface area (Å²) in [5.41, 5.74) is 2.77. The zero-order valence-corrected chi connectivity index (χ0v) is 9.76. The van der Waals surface area contributed by atoms with Crippen molar-refractivity contribution in [2.24, 2.45) is 0 Å². The molecule has 1 atom stereocenters. The van der Waals surface area contributed by atoms with Crippen LogP contribution in [0.5, 0.6) is 0 Å². The van der Waals surface area contributed by atoms with Gasteiger partial charge in [0.2, 0.25) is 0 Å². The molecule has 1 N–H and O–H groups in total. The lowest BCUT2D eigenvalue weighted by atomic mass is 10.1. The second-order valence-corrected chi connectivity index (χ2v) is 4.68. The van der Waals surface area contributed by atoms with Crippen molar-refractivity contribution in [2.45, 2.75) is 25.3 Å². The van der Waals surface area contributed by atoms with Gasteiger partial charge < -0.3 is 9.67 Å². The molecule has 1 aromatic heterocycles. The van der Waals surface area contributed by atoms with Crippen LogP contribution in [0.2, 0.25) is 0 Å². The zero-order chi connectivity index (χ0) is 12.7. The van der Waals surface area contributed by atoms with Crippen LogP contribution in [0.4, 0.5) is 0 Å². The van der Waals surface area contributed by atoms with Crippen LogP contribution < -0.4 is 0 Å². The number of fused-ring (bicyclic) bond motifs is 3. The highest BCUT2D eigenvalue weighted by atomic mass is 16.4. The molecule has 1 aliphatic heterocycles. The first-order chi connectivity index (χ1) is 8.69. The standard InChI is InChI=1S/C14H12N2O2/c15-8-9-1-2-10-6-11-3-4-12(7-14(17)18)16(11)13(10)5-9/h1-2,5-6,12H,3-4,7H2,(H,17,18). The Morgan fingerprint density at radius 3 is 3.06 bits per heavy atom. The van der Waals surface area contributed by atoms with Gasteiger partial charge in [0.1, 0.15) is 0 Å². The molecule has 0 spiro atoms. The quantitative estimate of drug-likeness (QED) is 0.876. The average molecular weight is 240 g/mol. The lowest BCUT2D eigenvalue weighted by Gasteiger charge is -2.12. The number of hydrogen-bond acceptors (Lipinski definition) is 2. The molecule has 0 saturated carbocycles. The minimum absolute atomic E-state index is 0.0175. The van der Waals surface area contributed by atoms with Crippen molar-refractivity contribution in [2.75, 3.05) is 0 Å². The fourth-order valence-corrected chi connectivity index (χ4v) is 2.81. The number of hydrogen-bond donors (Lipinski definition) is 1. The Labute approximate surface area is 104 Å². The van der Waals surface area contributed by atoms with E-state index in [1.807, 2.05) is 12.1 Å². The fraction of sp³-hybridized carbons (Fsp3) is 0.286. The number of aromatic nitrogens is 1. The topological polar surface area (TPSA) is 66.0 Å². The first-order valence-corrected chi connectivity index (χ1v) is 5.95. The predicted octanol–water partition coefficient (Wildman–Crippen LogP) is 2.47. The van der Waals surface area contributed by atoms with E-state index >= 15 is 0 Å². The Morgan fingerprint density at radius 1 is 1.50 bits per heavy atom. The fourth-order valence-electron chi connectivity index (χ4n) is 2.81. The van der Waals surface area contributed by atoms with Crippen LogP contribution in [0.1, 0.15) is 30.1 Å². The van der Waals surface area contributed by atoms with Gasteiger partial charge in [0, 0.05) is 17.3 Å². The van der Waals surface area contributed by atoms with Crippen molar-refractivity contribution in [3.05, 3.63) is 35.5 Å². The molecule has 0 radical (unpaired) electrons. The summed E-state index contributed by atoms with van der Waals surface area (Å²) in [6.45, 7) is 0. The number of carbonyl (C=O) groups is 1. The van der Waals surface area contributed by atoms with E-state index < -0.39 is 5.97 Å². The molecule has 0 aliphatic carbocycles. The molecule has 90 valence electrons. The maximum absolute atomic E-state index is 10.9. The van der Waals surface area contributed by atoms with Gasteiger partial charge in [-0.05, 0) is 36.4 Å². The maximum Gasteiger partial charge on any atom is 0.305 e. The summed E-state index contributed by atoms with van der Waals surface area (Å²) >= 11 is 0. The summed E-state index contributed by atoms with van der Waals surface area (Å²) in [5.74, 6) is -0.772. The second-order valence-electron chi connectivity index (χ2n) is 4.68. The largest absolute Gasteiger partial charge is 0.481 e. The van der Waals surface area contributed by atoms with Crippen LogP contribution >= 0.6 is 0 Å². The van der Waals surface area contributed by atoms with Gasteiger partial charge >= 0.3 is 5.97 Å². The Hall–Kier alpha value is -2.28. The average Bonchev–Trinajstić information content (AvgIpc) is 2.88. The van der Waals surface area contributed by atoms with Gasteiger partial charge in [-0.3, -0.25) is 4.79 Å². The van der Waals surface area contributed by atoms with Gasteiger partial charge in [-0.2, -0.15) is 5.26 Å². The molecule has 2 heterocycles. The van der Waals surface area contributed by atoms with Crippen LogP contribution in [0.25, 0.3) is 10.9 Å². The van der Waals surface area contributed by atoms with Crippen LogP contribution in [0.3, 0.4) is 0 Å². The van der Waals surface area contributed by atoms with Crippen LogP contribution in [-0.4, -0.2) is 15.6 Å². The number of aryl methyl sites for hydroxylation is 1. The molecular weight excluding hydrogens is 228 g/mol. The minimum Gasteiger partial charge on any atom is -0.481 e. The highest BCUT2D eigenvalue weighted by molar-refractivity contribution is 5.83. The molecule has 18 heavy (non-hydrogen) atoms. The van der Waals surface area contributed by atoms with Crippen LogP contribution in [-0.2, 0) is 11.2 Å².